The molecule has 0 aromatic carbocycles. The summed E-state index contributed by atoms with van der Waals surface area (Å²) in [6.07, 6.45) is 1.82. The molecule has 5 nitrogen and oxygen atoms in total. The molecule has 0 aliphatic rings. The van der Waals surface area contributed by atoms with E-state index in [2.05, 4.69) is 11.2 Å². The third kappa shape index (κ3) is 1.68. The number of anilines is 1. The highest BCUT2D eigenvalue weighted by molar-refractivity contribution is 5.60. The van der Waals surface area contributed by atoms with Gasteiger partial charge in [0.15, 0.2) is 5.82 Å². The molecule has 17 heavy (non-hydrogen) atoms. The molecule has 0 saturated carbocycles. The van der Waals surface area contributed by atoms with Gasteiger partial charge in [0.1, 0.15) is 11.8 Å². The van der Waals surface area contributed by atoms with Crippen LogP contribution in [0.3, 0.4) is 0 Å². The Hall–Kier alpha value is -2.22. The second-order valence-electron chi connectivity index (χ2n) is 4.28. The first-order chi connectivity index (χ1) is 8.06. The Morgan fingerprint density at radius 2 is 2.18 bits per heavy atom. The van der Waals surface area contributed by atoms with Gasteiger partial charge in [-0.2, -0.15) is 10.4 Å². The molecule has 2 heterocycles. The maximum Gasteiger partial charge on any atom is 0.159 e. The molecule has 0 amide bonds. The molecule has 5 heteroatoms. The highest BCUT2D eigenvalue weighted by atomic mass is 15.3. The van der Waals surface area contributed by atoms with Crippen molar-refractivity contribution in [2.24, 2.45) is 7.05 Å². The lowest BCUT2D eigenvalue weighted by Gasteiger charge is -2.06. The number of nitriles is 1. The Morgan fingerprint density at radius 1 is 1.47 bits per heavy atom. The minimum Gasteiger partial charge on any atom is -0.394 e. The smallest absolute Gasteiger partial charge is 0.159 e. The number of aromatic nitrogens is 3. The van der Waals surface area contributed by atoms with Gasteiger partial charge in [0.05, 0.1) is 11.4 Å². The summed E-state index contributed by atoms with van der Waals surface area (Å²) in [4.78, 5) is 0. The van der Waals surface area contributed by atoms with Gasteiger partial charge in [-0.05, 0) is 18.1 Å². The van der Waals surface area contributed by atoms with Crippen LogP contribution >= 0.6 is 0 Å². The van der Waals surface area contributed by atoms with E-state index in [1.54, 1.807) is 15.3 Å². The van der Waals surface area contributed by atoms with Gasteiger partial charge in [-0.15, -0.1) is 0 Å². The van der Waals surface area contributed by atoms with Crippen molar-refractivity contribution in [1.82, 2.24) is 14.3 Å². The van der Waals surface area contributed by atoms with E-state index in [1.807, 2.05) is 33.2 Å². The van der Waals surface area contributed by atoms with Gasteiger partial charge in [-0.1, -0.05) is 13.8 Å². The zero-order valence-electron chi connectivity index (χ0n) is 10.2. The summed E-state index contributed by atoms with van der Waals surface area (Å²) in [5.41, 5.74) is 8.15. The zero-order chi connectivity index (χ0) is 12.6. The lowest BCUT2D eigenvalue weighted by molar-refractivity contribution is 0.693. The summed E-state index contributed by atoms with van der Waals surface area (Å²) in [5.74, 6) is 1.01. The first-order valence-corrected chi connectivity index (χ1v) is 5.46. The van der Waals surface area contributed by atoms with Crippen molar-refractivity contribution >= 4 is 5.69 Å². The molecule has 0 saturated heterocycles. The number of nitrogen functional groups attached to an aromatic ring is 1. The van der Waals surface area contributed by atoms with Crippen molar-refractivity contribution in [1.29, 1.82) is 5.26 Å². The van der Waals surface area contributed by atoms with E-state index in [1.165, 1.54) is 0 Å². The average molecular weight is 229 g/mol. The number of nitrogens with two attached hydrogens (primary N) is 1. The molecular formula is C12H15N5. The molecule has 0 spiro atoms. The summed E-state index contributed by atoms with van der Waals surface area (Å²) < 4.78 is 3.47. The Morgan fingerprint density at radius 3 is 2.71 bits per heavy atom. The minimum absolute atomic E-state index is 0.260. The predicted octanol–water partition coefficient (Wildman–Crippen LogP) is 1.79. The van der Waals surface area contributed by atoms with Gasteiger partial charge in [0.2, 0.25) is 0 Å². The SMILES string of the molecule is CC(C)c1nn(C)c(-n2cccc2C#N)c1N. The molecule has 0 radical (unpaired) electrons. The lowest BCUT2D eigenvalue weighted by Crippen LogP contribution is -2.05. The summed E-state index contributed by atoms with van der Waals surface area (Å²) >= 11 is 0. The largest absolute Gasteiger partial charge is 0.394 e. The van der Waals surface area contributed by atoms with Gasteiger partial charge in [0, 0.05) is 13.2 Å². The molecule has 0 aliphatic carbocycles. The monoisotopic (exact) mass is 229 g/mol. The van der Waals surface area contributed by atoms with E-state index in [4.69, 9.17) is 11.0 Å². The lowest BCUT2D eigenvalue weighted by atomic mass is 10.1. The second-order valence-corrected chi connectivity index (χ2v) is 4.28. The Balaban J connectivity index is 2.65. The number of aryl methyl sites for hydroxylation is 1. The van der Waals surface area contributed by atoms with E-state index in [9.17, 15) is 0 Å². The van der Waals surface area contributed by atoms with Crippen LogP contribution in [0.4, 0.5) is 5.69 Å². The van der Waals surface area contributed by atoms with Crippen molar-refractivity contribution in [2.45, 2.75) is 19.8 Å². The third-order valence-electron chi connectivity index (χ3n) is 2.72. The van der Waals surface area contributed by atoms with Gasteiger partial charge in [-0.3, -0.25) is 4.57 Å². The molecule has 2 N–H and O–H groups in total. The van der Waals surface area contributed by atoms with Crippen molar-refractivity contribution < 1.29 is 0 Å². The molecule has 2 rings (SSSR count). The summed E-state index contributed by atoms with van der Waals surface area (Å²) in [7, 11) is 1.83. The van der Waals surface area contributed by atoms with Crippen LogP contribution in [-0.2, 0) is 7.05 Å². The zero-order valence-corrected chi connectivity index (χ0v) is 10.2. The van der Waals surface area contributed by atoms with E-state index in [-0.39, 0.29) is 5.92 Å². The molecule has 2 aromatic heterocycles. The van der Waals surface area contributed by atoms with Gasteiger partial charge < -0.3 is 5.73 Å². The van der Waals surface area contributed by atoms with Gasteiger partial charge >= 0.3 is 0 Å². The van der Waals surface area contributed by atoms with Crippen LogP contribution in [0.5, 0.6) is 0 Å². The first kappa shape index (κ1) is 11.3. The van der Waals surface area contributed by atoms with Crippen LogP contribution in [0.25, 0.3) is 5.82 Å². The van der Waals surface area contributed by atoms with Crippen LogP contribution in [-0.4, -0.2) is 14.3 Å². The topological polar surface area (TPSA) is 72.6 Å². The quantitative estimate of drug-likeness (QED) is 0.853. The van der Waals surface area contributed by atoms with E-state index < -0.39 is 0 Å². The molecule has 0 bridgehead atoms. The van der Waals surface area contributed by atoms with Crippen LogP contribution in [0.1, 0.15) is 31.2 Å². The van der Waals surface area contributed by atoms with Gasteiger partial charge in [-0.25, -0.2) is 4.68 Å². The summed E-state index contributed by atoms with van der Waals surface area (Å²) in [6, 6.07) is 5.70. The highest BCUT2D eigenvalue weighted by Gasteiger charge is 2.18. The standard InChI is InChI=1S/C12H15N5/c1-8(2)11-10(14)12(16(3)15-11)17-6-4-5-9(17)7-13/h4-6,8H,14H2,1-3H3. The molecule has 2 aromatic rings. The molecule has 0 fully saturated rings. The number of nitrogens with zero attached hydrogens (tertiary/aromatic N) is 4. The molecule has 0 aliphatic heterocycles. The minimum atomic E-state index is 0.260. The highest BCUT2D eigenvalue weighted by Crippen LogP contribution is 2.27. The average Bonchev–Trinajstić information content (AvgIpc) is 2.83. The normalized spacial score (nSPS) is 10.8. The predicted molar refractivity (Wildman–Crippen MR) is 65.8 cm³/mol. The number of hydrogen-bond acceptors (Lipinski definition) is 3. The van der Waals surface area contributed by atoms with Crippen LogP contribution in [0, 0.1) is 11.3 Å². The number of hydrogen-bond donors (Lipinski definition) is 1. The second kappa shape index (κ2) is 3.98. The van der Waals surface area contributed by atoms with E-state index in [0.717, 1.165) is 11.5 Å². The maximum absolute atomic E-state index is 9.03. The van der Waals surface area contributed by atoms with Crippen molar-refractivity contribution in [3.63, 3.8) is 0 Å². The van der Waals surface area contributed by atoms with Crippen LogP contribution in [0.2, 0.25) is 0 Å². The molecular weight excluding hydrogens is 214 g/mol. The van der Waals surface area contributed by atoms with Crippen molar-refractivity contribution in [2.75, 3.05) is 5.73 Å². The fraction of sp³-hybridized carbons (Fsp3) is 0.333. The maximum atomic E-state index is 9.03. The van der Waals surface area contributed by atoms with Crippen molar-refractivity contribution in [3.8, 4) is 11.9 Å². The Labute approximate surface area is 100 Å². The molecule has 0 unspecified atom stereocenters. The first-order valence-electron chi connectivity index (χ1n) is 5.46. The van der Waals surface area contributed by atoms with E-state index in [0.29, 0.717) is 11.4 Å². The van der Waals surface area contributed by atoms with Crippen molar-refractivity contribution in [3.05, 3.63) is 29.7 Å². The summed E-state index contributed by atoms with van der Waals surface area (Å²) in [6.45, 7) is 4.09. The van der Waals surface area contributed by atoms with Crippen LogP contribution in [0.15, 0.2) is 18.3 Å². The van der Waals surface area contributed by atoms with E-state index >= 15 is 0 Å². The number of rotatable bonds is 2. The Kier molecular flexibility index (Phi) is 2.64. The summed E-state index contributed by atoms with van der Waals surface area (Å²) in [5, 5.41) is 13.4. The Bertz CT molecular complexity index is 583. The molecule has 88 valence electrons. The van der Waals surface area contributed by atoms with Crippen LogP contribution < -0.4 is 5.73 Å². The fourth-order valence-electron chi connectivity index (χ4n) is 1.92. The fourth-order valence-corrected chi connectivity index (χ4v) is 1.92. The molecule has 0 atom stereocenters. The third-order valence-corrected chi connectivity index (χ3v) is 2.72. The van der Waals surface area contributed by atoms with Gasteiger partial charge in [0.25, 0.3) is 0 Å².